The number of nitrogens with zero attached hydrogens (tertiary/aromatic N) is 3. The molecule has 1 atom stereocenters. The van der Waals surface area contributed by atoms with E-state index in [1.807, 2.05) is 12.3 Å². The molecule has 3 rings (SSSR count). The van der Waals surface area contributed by atoms with Crippen LogP contribution in [-0.4, -0.2) is 21.7 Å². The second-order valence-corrected chi connectivity index (χ2v) is 5.20. The van der Waals surface area contributed by atoms with Crippen LogP contribution in [0.2, 0.25) is 0 Å². The van der Waals surface area contributed by atoms with Gasteiger partial charge < -0.3 is 9.84 Å². The fourth-order valence-electron chi connectivity index (χ4n) is 2.00. The molecule has 0 radical (unpaired) electrons. The Morgan fingerprint density at radius 2 is 2.47 bits per heavy atom. The second kappa shape index (κ2) is 4.54. The molecule has 1 aliphatic heterocycles. The minimum Gasteiger partial charge on any atom is -0.338 e. The molecular weight excluding hydrogens is 236 g/mol. The summed E-state index contributed by atoms with van der Waals surface area (Å²) in [6.45, 7) is 3.03. The SMILES string of the molecule is Cc1csc(Cc2noc([C@@H]3CCCN3)n2)n1. The Balaban J connectivity index is 1.71. The van der Waals surface area contributed by atoms with E-state index in [2.05, 4.69) is 20.4 Å². The van der Waals surface area contributed by atoms with Gasteiger partial charge in [0.05, 0.1) is 12.5 Å². The normalized spacial score (nSPS) is 19.9. The first-order chi connectivity index (χ1) is 8.31. The molecule has 0 aliphatic carbocycles. The monoisotopic (exact) mass is 250 g/mol. The Morgan fingerprint density at radius 3 is 3.18 bits per heavy atom. The van der Waals surface area contributed by atoms with Crippen molar-refractivity contribution in [2.45, 2.75) is 32.2 Å². The van der Waals surface area contributed by atoms with Gasteiger partial charge in [0.25, 0.3) is 0 Å². The Hall–Kier alpha value is -1.27. The van der Waals surface area contributed by atoms with Crippen LogP contribution < -0.4 is 5.32 Å². The molecule has 0 saturated carbocycles. The highest BCUT2D eigenvalue weighted by molar-refractivity contribution is 7.09. The number of hydrogen-bond donors (Lipinski definition) is 1. The van der Waals surface area contributed by atoms with Gasteiger partial charge in [-0.25, -0.2) is 4.98 Å². The molecule has 0 unspecified atom stereocenters. The summed E-state index contributed by atoms with van der Waals surface area (Å²) < 4.78 is 5.28. The van der Waals surface area contributed by atoms with Crippen LogP contribution in [0.5, 0.6) is 0 Å². The molecule has 3 heterocycles. The van der Waals surface area contributed by atoms with E-state index >= 15 is 0 Å². The second-order valence-electron chi connectivity index (χ2n) is 4.26. The minimum absolute atomic E-state index is 0.245. The largest absolute Gasteiger partial charge is 0.338 e. The molecule has 0 spiro atoms. The van der Waals surface area contributed by atoms with E-state index in [1.54, 1.807) is 11.3 Å². The Kier molecular flexibility index (Phi) is 2.90. The molecule has 1 aliphatic rings. The van der Waals surface area contributed by atoms with Gasteiger partial charge in [0, 0.05) is 11.1 Å². The maximum absolute atomic E-state index is 5.28. The fourth-order valence-corrected chi connectivity index (χ4v) is 2.76. The zero-order valence-corrected chi connectivity index (χ0v) is 10.5. The summed E-state index contributed by atoms with van der Waals surface area (Å²) in [7, 11) is 0. The van der Waals surface area contributed by atoms with Crippen molar-refractivity contribution in [3.05, 3.63) is 27.8 Å². The van der Waals surface area contributed by atoms with Crippen LogP contribution in [0.25, 0.3) is 0 Å². The van der Waals surface area contributed by atoms with Crippen molar-refractivity contribution in [2.24, 2.45) is 0 Å². The van der Waals surface area contributed by atoms with E-state index in [9.17, 15) is 0 Å². The average Bonchev–Trinajstić information content (AvgIpc) is 3.00. The highest BCUT2D eigenvalue weighted by Gasteiger charge is 2.22. The first kappa shape index (κ1) is 10.9. The van der Waals surface area contributed by atoms with Crippen LogP contribution in [0.1, 0.15) is 41.3 Å². The van der Waals surface area contributed by atoms with E-state index in [1.165, 1.54) is 6.42 Å². The van der Waals surface area contributed by atoms with E-state index in [0.29, 0.717) is 12.3 Å². The highest BCUT2D eigenvalue weighted by atomic mass is 32.1. The van der Waals surface area contributed by atoms with Crippen LogP contribution in [-0.2, 0) is 6.42 Å². The van der Waals surface area contributed by atoms with E-state index in [0.717, 1.165) is 29.5 Å². The summed E-state index contributed by atoms with van der Waals surface area (Å²) in [6.07, 6.45) is 2.92. The Labute approximate surface area is 103 Å². The number of aryl methyl sites for hydroxylation is 1. The Bertz CT molecular complexity index is 501. The third-order valence-electron chi connectivity index (χ3n) is 2.82. The number of rotatable bonds is 3. The molecule has 0 amide bonds. The standard InChI is InChI=1S/C11H14N4OS/c1-7-6-17-10(13-7)5-9-14-11(16-15-9)8-3-2-4-12-8/h6,8,12H,2-5H2,1H3/t8-/m0/s1. The summed E-state index contributed by atoms with van der Waals surface area (Å²) >= 11 is 1.64. The molecule has 1 fully saturated rings. The first-order valence-electron chi connectivity index (χ1n) is 5.78. The van der Waals surface area contributed by atoms with Gasteiger partial charge in [-0.1, -0.05) is 5.16 Å². The zero-order chi connectivity index (χ0) is 11.7. The molecule has 6 heteroatoms. The molecule has 17 heavy (non-hydrogen) atoms. The van der Waals surface area contributed by atoms with Crippen molar-refractivity contribution in [1.82, 2.24) is 20.4 Å². The molecule has 0 aromatic carbocycles. The summed E-state index contributed by atoms with van der Waals surface area (Å²) in [4.78, 5) is 8.82. The summed E-state index contributed by atoms with van der Waals surface area (Å²) in [5.74, 6) is 1.44. The van der Waals surface area contributed by atoms with Crippen molar-refractivity contribution in [3.8, 4) is 0 Å². The first-order valence-corrected chi connectivity index (χ1v) is 6.66. The van der Waals surface area contributed by atoms with Gasteiger partial charge in [-0.15, -0.1) is 11.3 Å². The molecule has 0 bridgehead atoms. The number of hydrogen-bond acceptors (Lipinski definition) is 6. The number of aromatic nitrogens is 3. The molecular formula is C11H14N4OS. The molecule has 2 aromatic heterocycles. The van der Waals surface area contributed by atoms with Crippen LogP contribution in [0.15, 0.2) is 9.90 Å². The lowest BCUT2D eigenvalue weighted by Crippen LogP contribution is -2.13. The lowest BCUT2D eigenvalue weighted by atomic mass is 10.2. The van der Waals surface area contributed by atoms with Crippen molar-refractivity contribution in [3.63, 3.8) is 0 Å². The maximum Gasteiger partial charge on any atom is 0.243 e. The van der Waals surface area contributed by atoms with Crippen molar-refractivity contribution >= 4 is 11.3 Å². The third kappa shape index (κ3) is 2.37. The third-order valence-corrected chi connectivity index (χ3v) is 3.78. The van der Waals surface area contributed by atoms with Gasteiger partial charge in [0.2, 0.25) is 5.89 Å². The van der Waals surface area contributed by atoms with Crippen molar-refractivity contribution < 1.29 is 4.52 Å². The fraction of sp³-hybridized carbons (Fsp3) is 0.545. The molecule has 90 valence electrons. The predicted octanol–water partition coefficient (Wildman–Crippen LogP) is 1.85. The quantitative estimate of drug-likeness (QED) is 0.900. The van der Waals surface area contributed by atoms with Crippen LogP contribution in [0.4, 0.5) is 0 Å². The average molecular weight is 250 g/mol. The van der Waals surface area contributed by atoms with E-state index in [4.69, 9.17) is 4.52 Å². The number of nitrogens with one attached hydrogen (secondary N) is 1. The number of thiazole rings is 1. The molecule has 1 saturated heterocycles. The lowest BCUT2D eigenvalue weighted by molar-refractivity contribution is 0.341. The molecule has 1 N–H and O–H groups in total. The smallest absolute Gasteiger partial charge is 0.243 e. The van der Waals surface area contributed by atoms with Gasteiger partial charge in [-0.05, 0) is 26.3 Å². The predicted molar refractivity (Wildman–Crippen MR) is 63.9 cm³/mol. The van der Waals surface area contributed by atoms with Gasteiger partial charge in [0.15, 0.2) is 5.82 Å². The van der Waals surface area contributed by atoms with Crippen LogP contribution in [0.3, 0.4) is 0 Å². The van der Waals surface area contributed by atoms with E-state index < -0.39 is 0 Å². The van der Waals surface area contributed by atoms with Gasteiger partial charge >= 0.3 is 0 Å². The summed E-state index contributed by atoms with van der Waals surface area (Å²) in [6, 6.07) is 0.245. The molecule has 5 nitrogen and oxygen atoms in total. The van der Waals surface area contributed by atoms with Crippen molar-refractivity contribution in [1.29, 1.82) is 0 Å². The minimum atomic E-state index is 0.245. The summed E-state index contributed by atoms with van der Waals surface area (Å²) in [5.41, 5.74) is 1.05. The summed E-state index contributed by atoms with van der Waals surface area (Å²) in [5, 5.41) is 10.4. The van der Waals surface area contributed by atoms with Crippen molar-refractivity contribution in [2.75, 3.05) is 6.54 Å². The molecule has 2 aromatic rings. The van der Waals surface area contributed by atoms with Crippen LogP contribution in [0, 0.1) is 6.92 Å². The van der Waals surface area contributed by atoms with Gasteiger partial charge in [-0.2, -0.15) is 4.98 Å². The zero-order valence-electron chi connectivity index (χ0n) is 9.64. The topological polar surface area (TPSA) is 63.8 Å². The van der Waals surface area contributed by atoms with Gasteiger partial charge in [0.1, 0.15) is 5.01 Å². The van der Waals surface area contributed by atoms with E-state index in [-0.39, 0.29) is 6.04 Å². The van der Waals surface area contributed by atoms with Gasteiger partial charge in [-0.3, -0.25) is 0 Å². The highest BCUT2D eigenvalue weighted by Crippen LogP contribution is 2.22. The Morgan fingerprint density at radius 1 is 1.53 bits per heavy atom. The van der Waals surface area contributed by atoms with Crippen LogP contribution >= 0.6 is 11.3 Å². The lowest BCUT2D eigenvalue weighted by Gasteiger charge is -2.01. The maximum atomic E-state index is 5.28.